The van der Waals surface area contributed by atoms with Crippen molar-refractivity contribution in [3.8, 4) is 0 Å². The monoisotopic (exact) mass is 651 g/mol. The smallest absolute Gasteiger partial charge is 0.391 e. The Kier molecular flexibility index (Phi) is 11.4. The van der Waals surface area contributed by atoms with Crippen LogP contribution in [0.25, 0.3) is 10.9 Å². The molecule has 12 heteroatoms. The molecule has 7 N–H and O–H groups in total. The Labute approximate surface area is 271 Å². The molecule has 0 aliphatic heterocycles. The molecule has 3 aromatic carbocycles. The molecule has 0 bridgehead atoms. The van der Waals surface area contributed by atoms with Crippen LogP contribution >= 0.6 is 0 Å². The largest absolute Gasteiger partial charge is 0.416 e. The number of benzene rings is 3. The lowest BCUT2D eigenvalue weighted by molar-refractivity contribution is -0.137. The van der Waals surface area contributed by atoms with E-state index in [2.05, 4.69) is 20.9 Å². The maximum Gasteiger partial charge on any atom is 0.416 e. The summed E-state index contributed by atoms with van der Waals surface area (Å²) in [4.78, 5) is 41.9. The van der Waals surface area contributed by atoms with E-state index in [1.165, 1.54) is 26.0 Å². The molecule has 1 aromatic heterocycles. The minimum Gasteiger partial charge on any atom is -0.391 e. The van der Waals surface area contributed by atoms with Crippen LogP contribution in [-0.2, 0) is 27.0 Å². The van der Waals surface area contributed by atoms with Gasteiger partial charge in [0.2, 0.25) is 17.7 Å². The molecule has 0 radical (unpaired) electrons. The van der Waals surface area contributed by atoms with Gasteiger partial charge in [-0.1, -0.05) is 67.6 Å². The molecule has 0 saturated carbocycles. The lowest BCUT2D eigenvalue weighted by Crippen LogP contribution is -2.54. The summed E-state index contributed by atoms with van der Waals surface area (Å²) in [6.45, 7) is 4.58. The van der Waals surface area contributed by atoms with Gasteiger partial charge in [-0.3, -0.25) is 14.4 Å². The maximum absolute atomic E-state index is 13.6. The van der Waals surface area contributed by atoms with Crippen LogP contribution in [-0.4, -0.2) is 52.0 Å². The van der Waals surface area contributed by atoms with Gasteiger partial charge in [0.25, 0.3) is 0 Å². The summed E-state index contributed by atoms with van der Waals surface area (Å²) in [6, 6.07) is 19.5. The number of aliphatic hydroxyl groups excluding tert-OH is 1. The Bertz CT molecular complexity index is 1640. The fourth-order valence-corrected chi connectivity index (χ4v) is 5.27. The highest BCUT2D eigenvalue weighted by molar-refractivity contribution is 5.89. The lowest BCUT2D eigenvalue weighted by Gasteiger charge is -2.28. The zero-order valence-corrected chi connectivity index (χ0v) is 26.3. The minimum absolute atomic E-state index is 0.0772. The summed E-state index contributed by atoms with van der Waals surface area (Å²) < 4.78 is 40.9. The van der Waals surface area contributed by atoms with Crippen LogP contribution in [0, 0.1) is 5.92 Å². The summed E-state index contributed by atoms with van der Waals surface area (Å²) in [5, 5.41) is 20.4. The fraction of sp³-hybridized carbons (Fsp3) is 0.343. The molecule has 0 aliphatic rings. The number of rotatable bonds is 13. The van der Waals surface area contributed by atoms with Gasteiger partial charge in [-0.15, -0.1) is 0 Å². The number of nitrogens with one attached hydrogen (secondary N) is 4. The number of alkyl halides is 3. The van der Waals surface area contributed by atoms with Crippen molar-refractivity contribution < 1.29 is 32.7 Å². The summed E-state index contributed by atoms with van der Waals surface area (Å²) in [6.07, 6.45) is -5.62. The predicted octanol–water partition coefficient (Wildman–Crippen LogP) is 4.36. The standard InChI is InChI=1S/C35H40F3N5O4/c1-20(16-30(44)28(17-23-10-5-4-6-11-23)42-34(47)22(3)40-33(46)21(2)39)32(45)43-31(25-13-9-14-26(18-25)35(36,37)38)29-19-24-12-7-8-15-27(24)41-29/h4-15,18-22,28,30-31,41,44H,16-17,39H2,1-3H3,(H,40,46)(H,42,47)(H,43,45)/t20-,21+,22+,28+,30+,31?/m1/s1. The van der Waals surface area contributed by atoms with Crippen LogP contribution in [0.5, 0.6) is 0 Å². The number of carbonyl (C=O) groups is 3. The highest BCUT2D eigenvalue weighted by Crippen LogP contribution is 2.33. The van der Waals surface area contributed by atoms with E-state index in [0.29, 0.717) is 5.69 Å². The van der Waals surface area contributed by atoms with Gasteiger partial charge in [-0.05, 0) is 67.5 Å². The van der Waals surface area contributed by atoms with Gasteiger partial charge >= 0.3 is 6.18 Å². The predicted molar refractivity (Wildman–Crippen MR) is 173 cm³/mol. The van der Waals surface area contributed by atoms with E-state index >= 15 is 0 Å². The molecule has 4 aromatic rings. The SMILES string of the molecule is C[C@H](N)C(=O)N[C@@H](C)C(=O)N[C@@H](Cc1ccccc1)[C@@H](O)C[C@@H](C)C(=O)NC(c1cccc(C(F)(F)F)c1)c1cc2ccccc2[nH]1. The molecule has 3 amide bonds. The van der Waals surface area contributed by atoms with E-state index in [4.69, 9.17) is 5.73 Å². The summed E-state index contributed by atoms with van der Waals surface area (Å²) in [7, 11) is 0. The quantitative estimate of drug-likeness (QED) is 0.127. The molecule has 0 fully saturated rings. The van der Waals surface area contributed by atoms with E-state index < -0.39 is 65.7 Å². The minimum atomic E-state index is -4.58. The molecule has 250 valence electrons. The summed E-state index contributed by atoms with van der Waals surface area (Å²) in [5.74, 6) is -2.37. The molecule has 47 heavy (non-hydrogen) atoms. The molecule has 0 saturated heterocycles. The van der Waals surface area contributed by atoms with Crippen molar-refractivity contribution in [2.24, 2.45) is 11.7 Å². The fourth-order valence-electron chi connectivity index (χ4n) is 5.27. The van der Waals surface area contributed by atoms with E-state index in [1.54, 1.807) is 13.0 Å². The van der Waals surface area contributed by atoms with Gasteiger partial charge in [0.05, 0.1) is 29.8 Å². The third-order valence-electron chi connectivity index (χ3n) is 7.99. The Morgan fingerprint density at radius 3 is 2.17 bits per heavy atom. The van der Waals surface area contributed by atoms with Gasteiger partial charge in [0.1, 0.15) is 6.04 Å². The van der Waals surface area contributed by atoms with Gasteiger partial charge in [-0.25, -0.2) is 0 Å². The Morgan fingerprint density at radius 2 is 1.51 bits per heavy atom. The number of halogens is 3. The number of carbonyl (C=O) groups excluding carboxylic acids is 3. The average molecular weight is 652 g/mol. The number of aromatic nitrogens is 1. The number of aromatic amines is 1. The van der Waals surface area contributed by atoms with Gasteiger partial charge in [0.15, 0.2) is 0 Å². The van der Waals surface area contributed by atoms with Crippen LogP contribution in [0.1, 0.15) is 55.6 Å². The third-order valence-corrected chi connectivity index (χ3v) is 7.99. The number of nitrogens with two attached hydrogens (primary N) is 1. The Balaban J connectivity index is 1.54. The van der Waals surface area contributed by atoms with Crippen molar-refractivity contribution in [2.75, 3.05) is 0 Å². The second-order valence-corrected chi connectivity index (χ2v) is 11.9. The van der Waals surface area contributed by atoms with Crippen LogP contribution in [0.2, 0.25) is 0 Å². The first-order chi connectivity index (χ1) is 22.2. The van der Waals surface area contributed by atoms with Gasteiger partial charge < -0.3 is 31.8 Å². The second-order valence-electron chi connectivity index (χ2n) is 11.9. The summed E-state index contributed by atoms with van der Waals surface area (Å²) in [5.41, 5.74) is 7.05. The molecule has 6 atom stereocenters. The molecule has 1 heterocycles. The number of hydrogen-bond acceptors (Lipinski definition) is 5. The number of aliphatic hydroxyl groups is 1. The molecule has 4 rings (SSSR count). The first kappa shape index (κ1) is 35.2. The van der Waals surface area contributed by atoms with E-state index in [0.717, 1.165) is 28.6 Å². The molecule has 0 spiro atoms. The van der Waals surface area contributed by atoms with Gasteiger partial charge in [-0.2, -0.15) is 13.2 Å². The maximum atomic E-state index is 13.6. The molecular weight excluding hydrogens is 611 g/mol. The first-order valence-corrected chi connectivity index (χ1v) is 15.4. The van der Waals surface area contributed by atoms with Crippen molar-refractivity contribution in [3.05, 3.63) is 107 Å². The molecule has 9 nitrogen and oxygen atoms in total. The number of amides is 3. The normalized spacial score (nSPS) is 15.6. The van der Waals surface area contributed by atoms with Gasteiger partial charge in [0, 0.05) is 17.1 Å². The van der Waals surface area contributed by atoms with Crippen LogP contribution in [0.3, 0.4) is 0 Å². The number of para-hydroxylation sites is 1. The number of fused-ring (bicyclic) bond motifs is 1. The van der Waals surface area contributed by atoms with Crippen molar-refractivity contribution in [1.82, 2.24) is 20.9 Å². The zero-order valence-electron chi connectivity index (χ0n) is 26.3. The average Bonchev–Trinajstić information content (AvgIpc) is 3.47. The second kappa shape index (κ2) is 15.3. The topological polar surface area (TPSA) is 149 Å². The van der Waals surface area contributed by atoms with Crippen LogP contribution in [0.15, 0.2) is 84.9 Å². The molecule has 1 unspecified atom stereocenters. The zero-order chi connectivity index (χ0) is 34.3. The van der Waals surface area contributed by atoms with Crippen molar-refractivity contribution in [3.63, 3.8) is 0 Å². The van der Waals surface area contributed by atoms with Crippen molar-refractivity contribution in [2.45, 2.75) is 70.1 Å². The van der Waals surface area contributed by atoms with E-state index in [-0.39, 0.29) is 18.4 Å². The van der Waals surface area contributed by atoms with Crippen LogP contribution in [0.4, 0.5) is 13.2 Å². The highest BCUT2D eigenvalue weighted by Gasteiger charge is 2.33. The Hall–Kier alpha value is -4.68. The first-order valence-electron chi connectivity index (χ1n) is 15.4. The lowest BCUT2D eigenvalue weighted by atomic mass is 9.92. The summed E-state index contributed by atoms with van der Waals surface area (Å²) >= 11 is 0. The highest BCUT2D eigenvalue weighted by atomic mass is 19.4. The number of H-pyrrole nitrogens is 1. The molecular formula is C35H40F3N5O4. The van der Waals surface area contributed by atoms with Crippen LogP contribution < -0.4 is 21.7 Å². The molecule has 0 aliphatic carbocycles. The third kappa shape index (κ3) is 9.43. The van der Waals surface area contributed by atoms with Crippen molar-refractivity contribution >= 4 is 28.6 Å². The van der Waals surface area contributed by atoms with Crippen molar-refractivity contribution in [1.29, 1.82) is 0 Å². The number of hydrogen-bond donors (Lipinski definition) is 6. The Morgan fingerprint density at radius 1 is 0.830 bits per heavy atom. The van der Waals surface area contributed by atoms with E-state index in [1.807, 2.05) is 54.6 Å². The van der Waals surface area contributed by atoms with E-state index in [9.17, 15) is 32.7 Å².